The summed E-state index contributed by atoms with van der Waals surface area (Å²) in [6.07, 6.45) is 2.24. The highest BCUT2D eigenvalue weighted by Crippen LogP contribution is 2.26. The lowest BCUT2D eigenvalue weighted by molar-refractivity contribution is 0.259. The van der Waals surface area contributed by atoms with Crippen molar-refractivity contribution in [2.75, 3.05) is 0 Å². The van der Waals surface area contributed by atoms with Gasteiger partial charge in [-0.3, -0.25) is 0 Å². The van der Waals surface area contributed by atoms with Crippen LogP contribution in [0.1, 0.15) is 22.3 Å². The summed E-state index contributed by atoms with van der Waals surface area (Å²) in [5.74, 6) is 0. The third kappa shape index (κ3) is 1.04. The minimum Gasteiger partial charge on any atom is -0.392 e. The zero-order valence-electron chi connectivity index (χ0n) is 6.88. The van der Waals surface area contributed by atoms with Crippen LogP contribution in [0.15, 0.2) is 12.1 Å². The Labute approximate surface area is 71.5 Å². The van der Waals surface area contributed by atoms with E-state index >= 15 is 0 Å². The molecule has 0 spiro atoms. The van der Waals surface area contributed by atoms with Gasteiger partial charge in [0.25, 0.3) is 0 Å². The summed E-state index contributed by atoms with van der Waals surface area (Å²) < 4.78 is 0. The first kappa shape index (κ1) is 7.77. The summed E-state index contributed by atoms with van der Waals surface area (Å²) in [4.78, 5) is 0. The zero-order valence-corrected chi connectivity index (χ0v) is 6.88. The second-order valence-corrected chi connectivity index (χ2v) is 3.21. The van der Waals surface area contributed by atoms with E-state index in [-0.39, 0.29) is 13.2 Å². The van der Waals surface area contributed by atoms with Crippen LogP contribution in [0, 0.1) is 0 Å². The molecule has 1 aliphatic rings. The molecule has 0 atom stereocenters. The third-order valence-corrected chi connectivity index (χ3v) is 2.53. The molecule has 0 amide bonds. The fourth-order valence-corrected chi connectivity index (χ4v) is 1.64. The maximum absolute atomic E-state index is 8.98. The number of fused-ring (bicyclic) bond motifs is 1. The molecule has 1 aliphatic carbocycles. The molecule has 64 valence electrons. The Hall–Kier alpha value is -0.860. The Morgan fingerprint density at radius 2 is 1.33 bits per heavy atom. The highest BCUT2D eigenvalue weighted by Gasteiger charge is 2.15. The molecule has 1 aromatic rings. The van der Waals surface area contributed by atoms with Gasteiger partial charge >= 0.3 is 0 Å². The zero-order chi connectivity index (χ0) is 8.55. The molecule has 2 N–H and O–H groups in total. The second-order valence-electron chi connectivity index (χ2n) is 3.21. The summed E-state index contributed by atoms with van der Waals surface area (Å²) in [7, 11) is 0. The van der Waals surface area contributed by atoms with E-state index in [0.29, 0.717) is 0 Å². The lowest BCUT2D eigenvalue weighted by Crippen LogP contribution is -2.11. The minimum atomic E-state index is 0.0309. The van der Waals surface area contributed by atoms with Gasteiger partial charge in [0.15, 0.2) is 0 Å². The van der Waals surface area contributed by atoms with Gasteiger partial charge in [-0.25, -0.2) is 0 Å². The molecule has 0 radical (unpaired) electrons. The quantitative estimate of drug-likeness (QED) is 0.677. The van der Waals surface area contributed by atoms with Gasteiger partial charge in [-0.15, -0.1) is 0 Å². The van der Waals surface area contributed by atoms with Crippen molar-refractivity contribution in [3.05, 3.63) is 34.4 Å². The van der Waals surface area contributed by atoms with E-state index in [2.05, 4.69) is 0 Å². The van der Waals surface area contributed by atoms with Crippen molar-refractivity contribution >= 4 is 0 Å². The summed E-state index contributed by atoms with van der Waals surface area (Å²) >= 11 is 0. The van der Waals surface area contributed by atoms with Gasteiger partial charge in [0.1, 0.15) is 0 Å². The first-order valence-electron chi connectivity index (χ1n) is 4.20. The Morgan fingerprint density at radius 1 is 0.917 bits per heavy atom. The van der Waals surface area contributed by atoms with Crippen LogP contribution in [-0.4, -0.2) is 10.2 Å². The van der Waals surface area contributed by atoms with E-state index in [1.54, 1.807) is 0 Å². The fourth-order valence-electron chi connectivity index (χ4n) is 1.64. The maximum atomic E-state index is 8.98. The standard InChI is InChI=1S/C10H12O2/c11-5-9-3-7-1-2-8(7)4-10(9)6-12/h3-4,11-12H,1-2,5-6H2. The molecule has 0 bridgehead atoms. The van der Waals surface area contributed by atoms with Gasteiger partial charge in [-0.1, -0.05) is 12.1 Å². The van der Waals surface area contributed by atoms with Gasteiger partial charge in [0.2, 0.25) is 0 Å². The number of aliphatic hydroxyl groups is 2. The highest BCUT2D eigenvalue weighted by molar-refractivity contribution is 5.43. The van der Waals surface area contributed by atoms with Gasteiger partial charge in [-0.2, -0.15) is 0 Å². The van der Waals surface area contributed by atoms with Crippen LogP contribution in [0.25, 0.3) is 0 Å². The average Bonchev–Trinajstić information content (AvgIpc) is 2.07. The SMILES string of the molecule is OCc1cc2c(cc1CO)CC2. The monoisotopic (exact) mass is 164 g/mol. The minimum absolute atomic E-state index is 0.0309. The lowest BCUT2D eigenvalue weighted by atomic mass is 9.85. The summed E-state index contributed by atoms with van der Waals surface area (Å²) in [5.41, 5.74) is 4.40. The van der Waals surface area contributed by atoms with Crippen molar-refractivity contribution in [1.82, 2.24) is 0 Å². The van der Waals surface area contributed by atoms with Gasteiger partial charge in [0, 0.05) is 0 Å². The first-order valence-corrected chi connectivity index (χ1v) is 4.20. The van der Waals surface area contributed by atoms with E-state index in [9.17, 15) is 0 Å². The first-order chi connectivity index (χ1) is 5.85. The van der Waals surface area contributed by atoms with Gasteiger partial charge < -0.3 is 10.2 Å². The predicted octanol–water partition coefficient (Wildman–Crippen LogP) is 0.770. The smallest absolute Gasteiger partial charge is 0.0685 e. The summed E-state index contributed by atoms with van der Waals surface area (Å²) in [5, 5.41) is 18.0. The van der Waals surface area contributed by atoms with Gasteiger partial charge in [-0.05, 0) is 35.1 Å². The third-order valence-electron chi connectivity index (χ3n) is 2.53. The van der Waals surface area contributed by atoms with Crippen LogP contribution in [0.5, 0.6) is 0 Å². The summed E-state index contributed by atoms with van der Waals surface area (Å²) in [6.45, 7) is 0.0619. The lowest BCUT2D eigenvalue weighted by Gasteiger charge is -2.21. The molecule has 0 heterocycles. The van der Waals surface area contributed by atoms with E-state index in [1.165, 1.54) is 11.1 Å². The molecule has 0 saturated carbocycles. The van der Waals surface area contributed by atoms with Crippen LogP contribution >= 0.6 is 0 Å². The van der Waals surface area contributed by atoms with Crippen molar-refractivity contribution in [2.24, 2.45) is 0 Å². The normalized spacial score (nSPS) is 13.8. The number of rotatable bonds is 2. The Bertz CT molecular complexity index is 274. The number of hydrogen-bond donors (Lipinski definition) is 2. The molecule has 0 aliphatic heterocycles. The van der Waals surface area contributed by atoms with E-state index in [0.717, 1.165) is 24.0 Å². The van der Waals surface area contributed by atoms with E-state index in [1.807, 2.05) is 12.1 Å². The summed E-state index contributed by atoms with van der Waals surface area (Å²) in [6, 6.07) is 4.01. The molecule has 2 rings (SSSR count). The Kier molecular flexibility index (Phi) is 1.87. The van der Waals surface area contributed by atoms with Crippen molar-refractivity contribution in [1.29, 1.82) is 0 Å². The fraction of sp³-hybridized carbons (Fsp3) is 0.400. The number of hydrogen-bond acceptors (Lipinski definition) is 2. The maximum Gasteiger partial charge on any atom is 0.0685 e. The molecule has 0 unspecified atom stereocenters. The Balaban J connectivity index is 2.46. The van der Waals surface area contributed by atoms with Crippen LogP contribution in [-0.2, 0) is 26.1 Å². The molecule has 1 aromatic carbocycles. The number of benzene rings is 1. The van der Waals surface area contributed by atoms with Crippen molar-refractivity contribution in [3.63, 3.8) is 0 Å². The van der Waals surface area contributed by atoms with Crippen LogP contribution < -0.4 is 0 Å². The van der Waals surface area contributed by atoms with Crippen LogP contribution in [0.3, 0.4) is 0 Å². The molecule has 0 fully saturated rings. The van der Waals surface area contributed by atoms with E-state index < -0.39 is 0 Å². The van der Waals surface area contributed by atoms with Crippen molar-refractivity contribution in [2.45, 2.75) is 26.1 Å². The molecule has 12 heavy (non-hydrogen) atoms. The molecule has 0 aromatic heterocycles. The van der Waals surface area contributed by atoms with Crippen LogP contribution in [0.4, 0.5) is 0 Å². The highest BCUT2D eigenvalue weighted by atomic mass is 16.3. The van der Waals surface area contributed by atoms with Crippen LogP contribution in [0.2, 0.25) is 0 Å². The number of aryl methyl sites for hydroxylation is 2. The molecular weight excluding hydrogens is 152 g/mol. The number of aliphatic hydroxyl groups excluding tert-OH is 2. The second kappa shape index (κ2) is 2.88. The topological polar surface area (TPSA) is 40.5 Å². The molecule has 2 nitrogen and oxygen atoms in total. The molecule has 0 saturated heterocycles. The molecule has 2 heteroatoms. The van der Waals surface area contributed by atoms with Gasteiger partial charge in [0.05, 0.1) is 13.2 Å². The van der Waals surface area contributed by atoms with Crippen molar-refractivity contribution in [3.8, 4) is 0 Å². The average molecular weight is 164 g/mol. The predicted molar refractivity (Wildman–Crippen MR) is 45.7 cm³/mol. The van der Waals surface area contributed by atoms with E-state index in [4.69, 9.17) is 10.2 Å². The largest absolute Gasteiger partial charge is 0.392 e. The van der Waals surface area contributed by atoms with Crippen molar-refractivity contribution < 1.29 is 10.2 Å². The molecular formula is C10H12O2. The Morgan fingerprint density at radius 3 is 1.58 bits per heavy atom.